The van der Waals surface area contributed by atoms with Crippen LogP contribution in [0.15, 0.2) is 109 Å². The van der Waals surface area contributed by atoms with Gasteiger partial charge in [0.2, 0.25) is 0 Å². The Morgan fingerprint density at radius 1 is 0.780 bits per heavy atom. The number of amides is 2. The Hall–Kier alpha value is -4.86. The van der Waals surface area contributed by atoms with E-state index in [2.05, 4.69) is 0 Å². The molecule has 6 rings (SSSR count). The molecule has 1 fully saturated rings. The van der Waals surface area contributed by atoms with Crippen LogP contribution in [0.1, 0.15) is 5.56 Å². The number of aliphatic hydroxyl groups is 1. The standard InChI is InChI=1S/C32H30N4O5/c37-30(38)28-21-33(31(39)36-26-16-8-7-11-23(26)22-41-29-18-10-9-17-27(29)36)19-20-34(28)32(40)35(24-12-3-1-4-13-24)25-14-5-2-6-15-25/h1-18,28,32,40H,19-22H2,(H,37,38)/t28-,32?/m0/s1. The number of fused-ring (bicyclic) bond motifs is 2. The molecule has 2 atom stereocenters. The largest absolute Gasteiger partial charge is 0.487 e. The van der Waals surface area contributed by atoms with Crippen LogP contribution in [0, 0.1) is 0 Å². The lowest BCUT2D eigenvalue weighted by Gasteiger charge is -2.45. The Morgan fingerprint density at radius 3 is 2.02 bits per heavy atom. The van der Waals surface area contributed by atoms with Crippen molar-refractivity contribution in [1.82, 2.24) is 9.80 Å². The average Bonchev–Trinajstić information content (AvgIpc) is 3.18. The molecule has 0 saturated carbocycles. The van der Waals surface area contributed by atoms with Crippen LogP contribution >= 0.6 is 0 Å². The number of piperazine rings is 1. The predicted octanol–water partition coefficient (Wildman–Crippen LogP) is 5.02. The van der Waals surface area contributed by atoms with Crippen LogP contribution in [0.4, 0.5) is 27.5 Å². The summed E-state index contributed by atoms with van der Waals surface area (Å²) in [6.07, 6.45) is -1.29. The second kappa shape index (κ2) is 11.3. The molecule has 9 nitrogen and oxygen atoms in total. The van der Waals surface area contributed by atoms with E-state index in [0.717, 1.165) is 5.56 Å². The predicted molar refractivity (Wildman–Crippen MR) is 155 cm³/mol. The maximum absolute atomic E-state index is 14.2. The monoisotopic (exact) mass is 550 g/mol. The van der Waals surface area contributed by atoms with Gasteiger partial charge in [0, 0.05) is 36.6 Å². The van der Waals surface area contributed by atoms with Crippen molar-refractivity contribution in [3.63, 3.8) is 0 Å². The summed E-state index contributed by atoms with van der Waals surface area (Å²) in [4.78, 5) is 33.1. The van der Waals surface area contributed by atoms with Gasteiger partial charge < -0.3 is 24.7 Å². The minimum atomic E-state index is -1.29. The zero-order chi connectivity index (χ0) is 28.3. The number of carboxylic acid groups (broad SMARTS) is 1. The summed E-state index contributed by atoms with van der Waals surface area (Å²) in [6.45, 7) is 0.570. The first-order valence-corrected chi connectivity index (χ1v) is 13.5. The summed E-state index contributed by atoms with van der Waals surface area (Å²) in [5.74, 6) is -0.551. The van der Waals surface area contributed by atoms with Gasteiger partial charge >= 0.3 is 12.0 Å². The van der Waals surface area contributed by atoms with Gasteiger partial charge in [-0.05, 0) is 42.5 Å². The number of hydrogen-bond acceptors (Lipinski definition) is 6. The zero-order valence-corrected chi connectivity index (χ0v) is 22.3. The average molecular weight is 551 g/mol. The third-order valence-electron chi connectivity index (χ3n) is 7.49. The highest BCUT2D eigenvalue weighted by molar-refractivity contribution is 6.02. The summed E-state index contributed by atoms with van der Waals surface area (Å²) in [7, 11) is 0. The molecule has 4 aromatic carbocycles. The van der Waals surface area contributed by atoms with Crippen molar-refractivity contribution in [3.8, 4) is 5.75 Å². The first-order valence-electron chi connectivity index (χ1n) is 13.5. The lowest BCUT2D eigenvalue weighted by atomic mass is 10.1. The van der Waals surface area contributed by atoms with E-state index in [1.54, 1.807) is 9.80 Å². The highest BCUT2D eigenvalue weighted by Gasteiger charge is 2.42. The Morgan fingerprint density at radius 2 is 1.37 bits per heavy atom. The Balaban J connectivity index is 1.31. The number of carbonyl (C=O) groups excluding carboxylic acids is 1. The molecule has 0 spiro atoms. The van der Waals surface area contributed by atoms with Gasteiger partial charge in [0.15, 0.2) is 6.35 Å². The van der Waals surface area contributed by atoms with Gasteiger partial charge in [-0.2, -0.15) is 0 Å². The van der Waals surface area contributed by atoms with Gasteiger partial charge in [0.05, 0.1) is 11.4 Å². The number of aliphatic carboxylic acids is 1. The molecule has 0 aromatic heterocycles. The molecule has 4 aromatic rings. The number of aliphatic hydroxyl groups excluding tert-OH is 1. The number of benzene rings is 4. The number of nitrogens with zero attached hydrogens (tertiary/aromatic N) is 4. The molecular formula is C32H30N4O5. The molecule has 2 aliphatic heterocycles. The summed E-state index contributed by atoms with van der Waals surface area (Å²) in [5.41, 5.74) is 3.56. The van der Waals surface area contributed by atoms with E-state index in [0.29, 0.717) is 35.1 Å². The smallest absolute Gasteiger partial charge is 0.329 e. The molecule has 208 valence electrons. The minimum Gasteiger partial charge on any atom is -0.487 e. The fraction of sp³-hybridized carbons (Fsp3) is 0.188. The molecule has 0 radical (unpaired) electrons. The maximum atomic E-state index is 14.2. The van der Waals surface area contributed by atoms with Gasteiger partial charge in [-0.15, -0.1) is 0 Å². The van der Waals surface area contributed by atoms with E-state index in [-0.39, 0.29) is 25.7 Å². The first kappa shape index (κ1) is 26.4. The first-order chi connectivity index (χ1) is 20.0. The molecule has 2 amide bonds. The molecule has 0 bridgehead atoms. The fourth-order valence-corrected chi connectivity index (χ4v) is 5.46. The Labute approximate surface area is 238 Å². The number of hydrogen-bond donors (Lipinski definition) is 2. The number of para-hydroxylation sites is 5. The molecule has 41 heavy (non-hydrogen) atoms. The fourth-order valence-electron chi connectivity index (χ4n) is 5.46. The third-order valence-corrected chi connectivity index (χ3v) is 7.49. The van der Waals surface area contributed by atoms with E-state index in [4.69, 9.17) is 4.74 Å². The van der Waals surface area contributed by atoms with Crippen molar-refractivity contribution in [2.24, 2.45) is 0 Å². The van der Waals surface area contributed by atoms with Crippen molar-refractivity contribution in [1.29, 1.82) is 0 Å². The van der Waals surface area contributed by atoms with Gasteiger partial charge in [-0.1, -0.05) is 66.7 Å². The molecule has 1 saturated heterocycles. The van der Waals surface area contributed by atoms with Crippen LogP contribution < -0.4 is 14.5 Å². The summed E-state index contributed by atoms with van der Waals surface area (Å²) in [6, 6.07) is 32.1. The van der Waals surface area contributed by atoms with Crippen molar-refractivity contribution < 1.29 is 24.5 Å². The summed E-state index contributed by atoms with van der Waals surface area (Å²) >= 11 is 0. The summed E-state index contributed by atoms with van der Waals surface area (Å²) in [5, 5.41) is 22.0. The third kappa shape index (κ3) is 5.08. The zero-order valence-electron chi connectivity index (χ0n) is 22.3. The molecular weight excluding hydrogens is 520 g/mol. The molecule has 1 unspecified atom stereocenters. The van der Waals surface area contributed by atoms with E-state index >= 15 is 0 Å². The Bertz CT molecular complexity index is 1450. The number of carbonyl (C=O) groups is 2. The molecule has 0 aliphatic carbocycles. The van der Waals surface area contributed by atoms with Crippen molar-refractivity contribution in [3.05, 3.63) is 115 Å². The van der Waals surface area contributed by atoms with E-state index < -0.39 is 18.4 Å². The van der Waals surface area contributed by atoms with Gasteiger partial charge in [-0.25, -0.2) is 9.69 Å². The molecule has 2 heterocycles. The SMILES string of the molecule is O=C(O)[C@@H]1CN(C(=O)N2c3ccccc3COc3ccccc32)CCN1C(O)N(c1ccccc1)c1ccccc1. The maximum Gasteiger partial charge on any atom is 0.329 e. The van der Waals surface area contributed by atoms with Crippen molar-refractivity contribution >= 4 is 34.7 Å². The number of anilines is 4. The lowest BCUT2D eigenvalue weighted by Crippen LogP contribution is -2.64. The van der Waals surface area contributed by atoms with Crippen LogP contribution in [0.2, 0.25) is 0 Å². The van der Waals surface area contributed by atoms with Crippen LogP contribution in [-0.4, -0.2) is 64.0 Å². The second-order valence-corrected chi connectivity index (χ2v) is 9.93. The minimum absolute atomic E-state index is 0.107. The van der Waals surface area contributed by atoms with E-state index in [1.165, 1.54) is 9.80 Å². The van der Waals surface area contributed by atoms with E-state index in [9.17, 15) is 19.8 Å². The lowest BCUT2D eigenvalue weighted by molar-refractivity contribution is -0.151. The van der Waals surface area contributed by atoms with Crippen LogP contribution in [0.25, 0.3) is 0 Å². The Kier molecular flexibility index (Phi) is 7.28. The topological polar surface area (TPSA) is 96.8 Å². The second-order valence-electron chi connectivity index (χ2n) is 9.93. The molecule has 2 N–H and O–H groups in total. The highest BCUT2D eigenvalue weighted by atomic mass is 16.5. The van der Waals surface area contributed by atoms with Crippen LogP contribution in [-0.2, 0) is 11.4 Å². The number of rotatable bonds is 5. The quantitative estimate of drug-likeness (QED) is 0.337. The summed E-state index contributed by atoms with van der Waals surface area (Å²) < 4.78 is 6.01. The molecule has 2 aliphatic rings. The van der Waals surface area contributed by atoms with Crippen molar-refractivity contribution in [2.45, 2.75) is 19.0 Å². The number of ether oxygens (including phenoxy) is 1. The van der Waals surface area contributed by atoms with Gasteiger partial charge in [0.1, 0.15) is 18.4 Å². The van der Waals surface area contributed by atoms with Crippen LogP contribution in [0.5, 0.6) is 5.75 Å². The van der Waals surface area contributed by atoms with E-state index in [1.807, 2.05) is 109 Å². The highest BCUT2D eigenvalue weighted by Crippen LogP contribution is 2.40. The molecule has 9 heteroatoms. The number of carboxylic acids is 1. The van der Waals surface area contributed by atoms with Gasteiger partial charge in [0.25, 0.3) is 0 Å². The normalized spacial score (nSPS) is 17.4. The van der Waals surface area contributed by atoms with Gasteiger partial charge in [-0.3, -0.25) is 9.69 Å². The van der Waals surface area contributed by atoms with Crippen LogP contribution in [0.3, 0.4) is 0 Å². The number of urea groups is 1. The van der Waals surface area contributed by atoms with Crippen molar-refractivity contribution in [2.75, 3.05) is 29.4 Å².